The molecule has 0 saturated carbocycles. The highest BCUT2D eigenvalue weighted by Crippen LogP contribution is 2.30. The van der Waals surface area contributed by atoms with Crippen LogP contribution in [0.3, 0.4) is 0 Å². The van der Waals surface area contributed by atoms with Crippen LogP contribution >= 0.6 is 11.8 Å². The number of hydrogen-bond acceptors (Lipinski definition) is 7. The molecule has 1 fully saturated rings. The van der Waals surface area contributed by atoms with E-state index in [1.54, 1.807) is 7.11 Å². The fourth-order valence-electron chi connectivity index (χ4n) is 4.26. The van der Waals surface area contributed by atoms with Gasteiger partial charge in [-0.05, 0) is 81.4 Å². The molecular formula is C26H34N6O2S. The number of carbonyl (C=O) groups excluding carboxylic acids is 1. The van der Waals surface area contributed by atoms with E-state index >= 15 is 0 Å². The Balaban J connectivity index is 1.52. The first-order valence-corrected chi connectivity index (χ1v) is 13.0. The summed E-state index contributed by atoms with van der Waals surface area (Å²) in [5.74, 6) is 1.84. The second-order valence-corrected chi connectivity index (χ2v) is 9.87. The van der Waals surface area contributed by atoms with Gasteiger partial charge in [-0.3, -0.25) is 14.3 Å². The van der Waals surface area contributed by atoms with Crippen LogP contribution in [-0.4, -0.2) is 65.6 Å². The van der Waals surface area contributed by atoms with E-state index in [4.69, 9.17) is 4.74 Å². The van der Waals surface area contributed by atoms with Crippen LogP contribution in [0.1, 0.15) is 38.1 Å². The lowest BCUT2D eigenvalue weighted by Crippen LogP contribution is -2.33. The fourth-order valence-corrected chi connectivity index (χ4v) is 5.02. The van der Waals surface area contributed by atoms with E-state index in [9.17, 15) is 4.79 Å². The standard InChI is InChI=1S/C26H34N6O2S/c1-19(31-16-6-5-7-17-31)25-28-29-26(32(25)22-12-14-23(34-4)15-13-22)35-18-24(33)27-20-8-10-21(11-9-20)30(2)3/h8-15,19H,5-7,16-18H2,1-4H3,(H,27,33)/t19-/m1/s1. The van der Waals surface area contributed by atoms with Gasteiger partial charge in [-0.2, -0.15) is 0 Å². The number of likely N-dealkylation sites (tertiary alicyclic amines) is 1. The van der Waals surface area contributed by atoms with Crippen molar-refractivity contribution >= 4 is 29.0 Å². The lowest BCUT2D eigenvalue weighted by molar-refractivity contribution is -0.113. The molecule has 2 aromatic carbocycles. The molecule has 8 nitrogen and oxygen atoms in total. The van der Waals surface area contributed by atoms with Gasteiger partial charge in [-0.25, -0.2) is 0 Å². The van der Waals surface area contributed by atoms with Crippen LogP contribution in [0.25, 0.3) is 5.69 Å². The first-order chi connectivity index (χ1) is 17.0. The van der Waals surface area contributed by atoms with Crippen LogP contribution in [-0.2, 0) is 4.79 Å². The minimum Gasteiger partial charge on any atom is -0.497 e. The molecule has 0 aliphatic carbocycles. The first kappa shape index (κ1) is 25.1. The molecule has 1 saturated heterocycles. The average molecular weight is 495 g/mol. The van der Waals surface area contributed by atoms with Crippen LogP contribution in [0.15, 0.2) is 53.7 Å². The molecule has 1 aliphatic heterocycles. The number of nitrogens with one attached hydrogen (secondary N) is 1. The monoisotopic (exact) mass is 494 g/mol. The molecule has 1 aliphatic rings. The number of ether oxygens (including phenoxy) is 1. The molecular weight excluding hydrogens is 460 g/mol. The van der Waals surface area contributed by atoms with Gasteiger partial charge < -0.3 is 15.0 Å². The van der Waals surface area contributed by atoms with Crippen molar-refractivity contribution in [2.24, 2.45) is 0 Å². The van der Waals surface area contributed by atoms with Crippen LogP contribution in [0.4, 0.5) is 11.4 Å². The second kappa shape index (κ2) is 11.6. The Bertz CT molecular complexity index is 1110. The third kappa shape index (κ3) is 6.15. The van der Waals surface area contributed by atoms with Crippen molar-refractivity contribution in [2.75, 3.05) is 50.3 Å². The molecule has 9 heteroatoms. The van der Waals surface area contributed by atoms with E-state index in [1.165, 1.54) is 31.0 Å². The van der Waals surface area contributed by atoms with Gasteiger partial charge in [-0.15, -0.1) is 10.2 Å². The number of piperidine rings is 1. The topological polar surface area (TPSA) is 75.5 Å². The third-order valence-corrected chi connectivity index (χ3v) is 7.23. The number of methoxy groups -OCH3 is 1. The van der Waals surface area contributed by atoms with Gasteiger partial charge >= 0.3 is 0 Å². The van der Waals surface area contributed by atoms with Crippen molar-refractivity contribution in [1.29, 1.82) is 0 Å². The van der Waals surface area contributed by atoms with E-state index in [1.807, 2.05) is 67.5 Å². The van der Waals surface area contributed by atoms with E-state index in [0.717, 1.165) is 41.7 Å². The number of amides is 1. The van der Waals surface area contributed by atoms with E-state index in [-0.39, 0.29) is 17.7 Å². The summed E-state index contributed by atoms with van der Waals surface area (Å²) < 4.78 is 7.41. The van der Waals surface area contributed by atoms with Gasteiger partial charge in [0.15, 0.2) is 11.0 Å². The molecule has 0 unspecified atom stereocenters. The molecule has 4 rings (SSSR count). The van der Waals surface area contributed by atoms with Crippen LogP contribution in [0, 0.1) is 0 Å². The Morgan fingerprint density at radius 1 is 1.06 bits per heavy atom. The highest BCUT2D eigenvalue weighted by molar-refractivity contribution is 7.99. The number of rotatable bonds is 9. The molecule has 3 aromatic rings. The van der Waals surface area contributed by atoms with Crippen molar-refractivity contribution in [1.82, 2.24) is 19.7 Å². The van der Waals surface area contributed by atoms with Gasteiger partial charge in [0.25, 0.3) is 0 Å². The SMILES string of the molecule is COc1ccc(-n2c(SCC(=O)Nc3ccc(N(C)C)cc3)nnc2[C@@H](C)N2CCCCC2)cc1. The molecule has 35 heavy (non-hydrogen) atoms. The summed E-state index contributed by atoms with van der Waals surface area (Å²) in [5, 5.41) is 12.7. The number of hydrogen-bond donors (Lipinski definition) is 1. The number of aromatic nitrogens is 3. The number of anilines is 2. The van der Waals surface area contributed by atoms with Crippen molar-refractivity contribution in [2.45, 2.75) is 37.4 Å². The van der Waals surface area contributed by atoms with E-state index in [2.05, 4.69) is 31.9 Å². The smallest absolute Gasteiger partial charge is 0.234 e. The maximum absolute atomic E-state index is 12.7. The zero-order valence-electron chi connectivity index (χ0n) is 20.9. The van der Waals surface area contributed by atoms with E-state index < -0.39 is 0 Å². The average Bonchev–Trinajstić information content (AvgIpc) is 3.32. The van der Waals surface area contributed by atoms with Crippen molar-refractivity contribution < 1.29 is 9.53 Å². The van der Waals surface area contributed by atoms with Crippen molar-refractivity contribution in [3.63, 3.8) is 0 Å². The van der Waals surface area contributed by atoms with Gasteiger partial charge in [0.1, 0.15) is 5.75 Å². The predicted molar refractivity (Wildman–Crippen MR) is 142 cm³/mol. The molecule has 1 N–H and O–H groups in total. The predicted octanol–water partition coefficient (Wildman–Crippen LogP) is 4.62. The Kier molecular flexibility index (Phi) is 8.30. The number of benzene rings is 2. The molecule has 1 atom stereocenters. The highest BCUT2D eigenvalue weighted by Gasteiger charge is 2.26. The summed E-state index contributed by atoms with van der Waals surface area (Å²) in [6.45, 7) is 4.32. The summed E-state index contributed by atoms with van der Waals surface area (Å²) in [7, 11) is 5.64. The summed E-state index contributed by atoms with van der Waals surface area (Å²) in [6, 6.07) is 15.8. The number of nitrogens with zero attached hydrogens (tertiary/aromatic N) is 5. The minimum absolute atomic E-state index is 0.0810. The Morgan fingerprint density at radius 2 is 1.74 bits per heavy atom. The Labute approximate surface area is 211 Å². The quantitative estimate of drug-likeness (QED) is 0.435. The molecule has 2 heterocycles. The van der Waals surface area contributed by atoms with Crippen molar-refractivity contribution in [3.05, 3.63) is 54.4 Å². The Morgan fingerprint density at radius 3 is 2.37 bits per heavy atom. The lowest BCUT2D eigenvalue weighted by Gasteiger charge is -2.31. The van der Waals surface area contributed by atoms with Crippen molar-refractivity contribution in [3.8, 4) is 11.4 Å². The molecule has 1 aromatic heterocycles. The van der Waals surface area contributed by atoms with Crippen LogP contribution in [0.2, 0.25) is 0 Å². The number of thioether (sulfide) groups is 1. The fraction of sp³-hybridized carbons (Fsp3) is 0.423. The van der Waals surface area contributed by atoms with Gasteiger partial charge in [0.05, 0.1) is 18.9 Å². The molecule has 0 radical (unpaired) electrons. The molecule has 0 spiro atoms. The first-order valence-electron chi connectivity index (χ1n) is 12.0. The van der Waals surface area contributed by atoms with Crippen LogP contribution in [0.5, 0.6) is 5.75 Å². The Hall–Kier alpha value is -3.04. The largest absolute Gasteiger partial charge is 0.497 e. The summed E-state index contributed by atoms with van der Waals surface area (Å²) in [6.07, 6.45) is 3.69. The summed E-state index contributed by atoms with van der Waals surface area (Å²) >= 11 is 1.39. The maximum Gasteiger partial charge on any atom is 0.234 e. The highest BCUT2D eigenvalue weighted by atomic mass is 32.2. The third-order valence-electron chi connectivity index (χ3n) is 6.30. The zero-order valence-corrected chi connectivity index (χ0v) is 21.7. The molecule has 186 valence electrons. The number of carbonyl (C=O) groups is 1. The van der Waals surface area contributed by atoms with E-state index in [0.29, 0.717) is 5.16 Å². The second-order valence-electron chi connectivity index (χ2n) is 8.92. The summed E-state index contributed by atoms with van der Waals surface area (Å²) in [4.78, 5) is 17.2. The lowest BCUT2D eigenvalue weighted by atomic mass is 10.1. The molecule has 0 bridgehead atoms. The summed E-state index contributed by atoms with van der Waals surface area (Å²) in [5.41, 5.74) is 2.81. The van der Waals surface area contributed by atoms with Gasteiger partial charge in [0, 0.05) is 31.2 Å². The zero-order chi connectivity index (χ0) is 24.8. The maximum atomic E-state index is 12.7. The minimum atomic E-state index is -0.0810. The van der Waals surface area contributed by atoms with Crippen LogP contribution < -0.4 is 15.0 Å². The van der Waals surface area contributed by atoms with Gasteiger partial charge in [-0.1, -0.05) is 18.2 Å². The van der Waals surface area contributed by atoms with Gasteiger partial charge in [0.2, 0.25) is 5.91 Å². The molecule has 1 amide bonds. The normalized spacial score (nSPS) is 15.0.